The molecule has 3 nitrogen and oxygen atoms in total. The van der Waals surface area contributed by atoms with Crippen LogP contribution in [-0.4, -0.2) is 16.2 Å². The monoisotopic (exact) mass is 253 g/mol. The number of aryl methyl sites for hydroxylation is 1. The standard InChI is InChI=1S/C11H15N3S2/c1-8(5-10-3-4-15-7-10)12-6-11-14-13-9(2)16-11/h3-4,7-8,12H,5-6H2,1-2H3. The highest BCUT2D eigenvalue weighted by Crippen LogP contribution is 2.10. The minimum absolute atomic E-state index is 0.471. The second-order valence-electron chi connectivity index (χ2n) is 3.83. The molecule has 16 heavy (non-hydrogen) atoms. The number of hydrogen-bond donors (Lipinski definition) is 1. The fourth-order valence-electron chi connectivity index (χ4n) is 1.51. The van der Waals surface area contributed by atoms with Gasteiger partial charge in [-0.15, -0.1) is 21.5 Å². The summed E-state index contributed by atoms with van der Waals surface area (Å²) < 4.78 is 0. The molecule has 5 heteroatoms. The van der Waals surface area contributed by atoms with E-state index in [1.54, 1.807) is 22.7 Å². The molecule has 2 aromatic heterocycles. The summed E-state index contributed by atoms with van der Waals surface area (Å²) in [6.45, 7) is 5.00. The smallest absolute Gasteiger partial charge is 0.131 e. The van der Waals surface area contributed by atoms with Crippen LogP contribution < -0.4 is 5.32 Å². The average Bonchev–Trinajstić information content (AvgIpc) is 2.87. The van der Waals surface area contributed by atoms with Crippen molar-refractivity contribution in [2.45, 2.75) is 32.9 Å². The summed E-state index contributed by atoms with van der Waals surface area (Å²) in [6.07, 6.45) is 1.07. The predicted molar refractivity (Wildman–Crippen MR) is 69.0 cm³/mol. The van der Waals surface area contributed by atoms with E-state index in [9.17, 15) is 0 Å². The van der Waals surface area contributed by atoms with Crippen LogP contribution >= 0.6 is 22.7 Å². The lowest BCUT2D eigenvalue weighted by atomic mass is 10.1. The van der Waals surface area contributed by atoms with E-state index in [1.165, 1.54) is 5.56 Å². The van der Waals surface area contributed by atoms with Gasteiger partial charge in [0.15, 0.2) is 0 Å². The van der Waals surface area contributed by atoms with Crippen LogP contribution in [-0.2, 0) is 13.0 Å². The Hall–Kier alpha value is -0.780. The molecular formula is C11H15N3S2. The summed E-state index contributed by atoms with van der Waals surface area (Å²) >= 11 is 3.41. The number of rotatable bonds is 5. The van der Waals surface area contributed by atoms with Gasteiger partial charge in [0.25, 0.3) is 0 Å². The first-order valence-electron chi connectivity index (χ1n) is 5.27. The third kappa shape index (κ3) is 3.37. The van der Waals surface area contributed by atoms with Gasteiger partial charge in [-0.1, -0.05) is 0 Å². The van der Waals surface area contributed by atoms with Crippen molar-refractivity contribution >= 4 is 22.7 Å². The highest BCUT2D eigenvalue weighted by molar-refractivity contribution is 7.11. The van der Waals surface area contributed by atoms with Crippen molar-refractivity contribution in [2.75, 3.05) is 0 Å². The number of nitrogens with zero attached hydrogens (tertiary/aromatic N) is 2. The zero-order valence-corrected chi connectivity index (χ0v) is 11.1. The Labute approximate surface area is 104 Å². The third-order valence-electron chi connectivity index (χ3n) is 2.29. The SMILES string of the molecule is Cc1nnc(CNC(C)Cc2ccsc2)s1. The van der Waals surface area contributed by atoms with Gasteiger partial charge in [-0.25, -0.2) is 0 Å². The lowest BCUT2D eigenvalue weighted by Crippen LogP contribution is -2.27. The average molecular weight is 253 g/mol. The van der Waals surface area contributed by atoms with Crippen molar-refractivity contribution in [3.63, 3.8) is 0 Å². The van der Waals surface area contributed by atoms with Crippen LogP contribution in [0.1, 0.15) is 22.5 Å². The van der Waals surface area contributed by atoms with Gasteiger partial charge in [-0.2, -0.15) is 11.3 Å². The number of aromatic nitrogens is 2. The molecule has 0 bridgehead atoms. The van der Waals surface area contributed by atoms with Gasteiger partial charge in [0.2, 0.25) is 0 Å². The highest BCUT2D eigenvalue weighted by Gasteiger charge is 2.05. The van der Waals surface area contributed by atoms with E-state index < -0.39 is 0 Å². The van der Waals surface area contributed by atoms with E-state index in [0.717, 1.165) is 23.0 Å². The van der Waals surface area contributed by atoms with Crippen LogP contribution in [0.15, 0.2) is 16.8 Å². The Morgan fingerprint density at radius 2 is 2.31 bits per heavy atom. The molecule has 0 spiro atoms. The van der Waals surface area contributed by atoms with Gasteiger partial charge >= 0.3 is 0 Å². The molecule has 86 valence electrons. The molecule has 2 rings (SSSR count). The van der Waals surface area contributed by atoms with Gasteiger partial charge in [-0.3, -0.25) is 0 Å². The molecular weight excluding hydrogens is 238 g/mol. The van der Waals surface area contributed by atoms with Crippen LogP contribution in [0.25, 0.3) is 0 Å². The fourth-order valence-corrected chi connectivity index (χ4v) is 2.85. The molecule has 0 saturated carbocycles. The molecule has 1 unspecified atom stereocenters. The Morgan fingerprint density at radius 1 is 1.44 bits per heavy atom. The van der Waals surface area contributed by atoms with Crippen LogP contribution in [0.2, 0.25) is 0 Å². The Morgan fingerprint density at radius 3 is 2.94 bits per heavy atom. The molecule has 2 heterocycles. The van der Waals surface area contributed by atoms with Crippen LogP contribution in [0.4, 0.5) is 0 Å². The van der Waals surface area contributed by atoms with E-state index in [0.29, 0.717) is 6.04 Å². The summed E-state index contributed by atoms with van der Waals surface area (Å²) in [5.74, 6) is 0. The van der Waals surface area contributed by atoms with Crippen molar-refractivity contribution in [1.29, 1.82) is 0 Å². The fraction of sp³-hybridized carbons (Fsp3) is 0.455. The van der Waals surface area contributed by atoms with Crippen LogP contribution in [0.5, 0.6) is 0 Å². The minimum atomic E-state index is 0.471. The van der Waals surface area contributed by atoms with E-state index >= 15 is 0 Å². The summed E-state index contributed by atoms with van der Waals surface area (Å²) in [5, 5.41) is 18.0. The topological polar surface area (TPSA) is 37.8 Å². The molecule has 0 aliphatic heterocycles. The van der Waals surface area contributed by atoms with Gasteiger partial charge in [0, 0.05) is 12.6 Å². The van der Waals surface area contributed by atoms with Gasteiger partial charge in [0.1, 0.15) is 10.0 Å². The van der Waals surface area contributed by atoms with Crippen LogP contribution in [0.3, 0.4) is 0 Å². The van der Waals surface area contributed by atoms with Gasteiger partial charge in [0.05, 0.1) is 0 Å². The molecule has 0 aliphatic carbocycles. The lowest BCUT2D eigenvalue weighted by molar-refractivity contribution is 0.543. The van der Waals surface area contributed by atoms with E-state index in [2.05, 4.69) is 39.3 Å². The number of hydrogen-bond acceptors (Lipinski definition) is 5. The van der Waals surface area contributed by atoms with Crippen molar-refractivity contribution < 1.29 is 0 Å². The quantitative estimate of drug-likeness (QED) is 0.890. The molecule has 0 radical (unpaired) electrons. The predicted octanol–water partition coefficient (Wildman–Crippen LogP) is 2.63. The van der Waals surface area contributed by atoms with Crippen LogP contribution in [0, 0.1) is 6.92 Å². The first-order valence-corrected chi connectivity index (χ1v) is 7.03. The minimum Gasteiger partial charge on any atom is -0.308 e. The van der Waals surface area contributed by atoms with Crippen molar-refractivity contribution in [3.05, 3.63) is 32.4 Å². The summed E-state index contributed by atoms with van der Waals surface area (Å²) in [5.41, 5.74) is 1.40. The molecule has 1 N–H and O–H groups in total. The zero-order valence-electron chi connectivity index (χ0n) is 9.43. The Bertz CT molecular complexity index is 422. The summed E-state index contributed by atoms with van der Waals surface area (Å²) in [6, 6.07) is 2.65. The lowest BCUT2D eigenvalue weighted by Gasteiger charge is -2.11. The summed E-state index contributed by atoms with van der Waals surface area (Å²) in [4.78, 5) is 0. The van der Waals surface area contributed by atoms with Crippen molar-refractivity contribution in [2.24, 2.45) is 0 Å². The summed E-state index contributed by atoms with van der Waals surface area (Å²) in [7, 11) is 0. The molecule has 1 atom stereocenters. The highest BCUT2D eigenvalue weighted by atomic mass is 32.1. The van der Waals surface area contributed by atoms with Gasteiger partial charge < -0.3 is 5.32 Å². The second-order valence-corrected chi connectivity index (χ2v) is 5.88. The largest absolute Gasteiger partial charge is 0.308 e. The molecule has 2 aromatic rings. The van der Waals surface area contributed by atoms with E-state index in [4.69, 9.17) is 0 Å². The molecule has 0 saturated heterocycles. The van der Waals surface area contributed by atoms with E-state index in [1.807, 2.05) is 6.92 Å². The number of thiophene rings is 1. The molecule has 0 aromatic carbocycles. The second kappa shape index (κ2) is 5.52. The van der Waals surface area contributed by atoms with Crippen molar-refractivity contribution in [1.82, 2.24) is 15.5 Å². The number of nitrogens with one attached hydrogen (secondary N) is 1. The Balaban J connectivity index is 1.77. The maximum Gasteiger partial charge on any atom is 0.131 e. The van der Waals surface area contributed by atoms with E-state index in [-0.39, 0.29) is 0 Å². The van der Waals surface area contributed by atoms with Gasteiger partial charge in [-0.05, 0) is 42.7 Å². The molecule has 0 aliphatic rings. The Kier molecular flexibility index (Phi) is 4.04. The zero-order chi connectivity index (χ0) is 11.4. The first kappa shape index (κ1) is 11.7. The third-order valence-corrected chi connectivity index (χ3v) is 3.86. The van der Waals surface area contributed by atoms with Crippen molar-refractivity contribution in [3.8, 4) is 0 Å². The normalized spacial score (nSPS) is 12.9. The molecule has 0 amide bonds. The molecule has 0 fully saturated rings. The maximum absolute atomic E-state index is 4.09. The first-order chi connectivity index (χ1) is 7.74. The maximum atomic E-state index is 4.09.